The molecule has 45 heavy (non-hydrogen) atoms. The molecule has 2 aromatic heterocycles. The summed E-state index contributed by atoms with van der Waals surface area (Å²) in [4.78, 5) is 36.5. The summed E-state index contributed by atoms with van der Waals surface area (Å²) < 4.78 is 45.4. The van der Waals surface area contributed by atoms with E-state index >= 15 is 0 Å². The van der Waals surface area contributed by atoms with Crippen LogP contribution in [0.3, 0.4) is 0 Å². The summed E-state index contributed by atoms with van der Waals surface area (Å²) in [6.07, 6.45) is -0.596. The number of piperidine rings is 1. The van der Waals surface area contributed by atoms with Gasteiger partial charge in [-0.05, 0) is 56.8 Å². The number of carbonyl (C=O) groups is 2. The molecule has 0 saturated carbocycles. The SMILES string of the molecule is C[C@H](c1ccc(Cl)cc1Cl)n1nc(C#N)c2ncc(N3CC[C@H](N4CCCC4CCC(N)=O)[C@H](COC(=O)C(F)(F)F)C3)nc21. The van der Waals surface area contributed by atoms with Gasteiger partial charge in [-0.3, -0.25) is 9.69 Å². The lowest BCUT2D eigenvalue weighted by atomic mass is 9.90. The van der Waals surface area contributed by atoms with Gasteiger partial charge in [-0.25, -0.2) is 19.4 Å². The van der Waals surface area contributed by atoms with Crippen LogP contribution in [-0.2, 0) is 14.3 Å². The Labute approximate surface area is 267 Å². The van der Waals surface area contributed by atoms with Crippen LogP contribution in [0.15, 0.2) is 24.4 Å². The second kappa shape index (κ2) is 13.4. The summed E-state index contributed by atoms with van der Waals surface area (Å²) in [5.74, 6) is -2.72. The summed E-state index contributed by atoms with van der Waals surface area (Å²) in [5, 5.41) is 15.0. The van der Waals surface area contributed by atoms with Gasteiger partial charge in [0.25, 0.3) is 0 Å². The average molecular weight is 668 g/mol. The highest BCUT2D eigenvalue weighted by Gasteiger charge is 2.44. The third-order valence-corrected chi connectivity index (χ3v) is 9.09. The number of hydrogen-bond donors (Lipinski definition) is 1. The van der Waals surface area contributed by atoms with E-state index in [1.165, 1.54) is 6.20 Å². The van der Waals surface area contributed by atoms with Crippen LogP contribution in [-0.4, -0.2) is 81.0 Å². The Morgan fingerprint density at radius 1 is 1.24 bits per heavy atom. The second-order valence-corrected chi connectivity index (χ2v) is 12.2. The van der Waals surface area contributed by atoms with Gasteiger partial charge >= 0.3 is 12.1 Å². The summed E-state index contributed by atoms with van der Waals surface area (Å²) in [7, 11) is 0. The van der Waals surface area contributed by atoms with Crippen LogP contribution in [0.5, 0.6) is 0 Å². The number of likely N-dealkylation sites (tertiary alicyclic amines) is 1. The van der Waals surface area contributed by atoms with Crippen molar-refractivity contribution >= 4 is 52.1 Å². The summed E-state index contributed by atoms with van der Waals surface area (Å²) in [6.45, 7) is 2.83. The molecule has 5 rings (SSSR count). The standard InChI is InChI=1S/C29H31Cl2F3N8O3/c1-16(20-6-4-18(30)11-21(20)31)42-27-26(22(12-35)39-42)37-13-25(38-27)40-10-8-23(17(14-40)15-45-28(44)29(32,33)34)41-9-2-3-19(41)5-7-24(36)43/h4,6,11,13,16-17,19,23H,2-3,5,7-10,14-15H2,1H3,(H2,36,43)/t16-,17+,19?,23+/m1/s1. The predicted molar refractivity (Wildman–Crippen MR) is 160 cm³/mol. The molecule has 1 amide bonds. The first-order valence-electron chi connectivity index (χ1n) is 14.5. The first kappa shape index (κ1) is 32.7. The normalized spacial score (nSPS) is 21.5. The summed E-state index contributed by atoms with van der Waals surface area (Å²) >= 11 is 12.5. The number of nitriles is 1. The quantitative estimate of drug-likeness (QED) is 0.323. The molecule has 0 aliphatic carbocycles. The lowest BCUT2D eigenvalue weighted by Crippen LogP contribution is -2.54. The number of hydrogen-bond acceptors (Lipinski definition) is 9. The molecule has 2 aliphatic heterocycles. The largest absolute Gasteiger partial charge is 0.490 e. The maximum Gasteiger partial charge on any atom is 0.490 e. The smallest absolute Gasteiger partial charge is 0.459 e. The lowest BCUT2D eigenvalue weighted by molar-refractivity contribution is -0.201. The van der Waals surface area contributed by atoms with Crippen molar-refractivity contribution in [3.8, 4) is 6.07 Å². The van der Waals surface area contributed by atoms with Crippen molar-refractivity contribution in [1.29, 1.82) is 5.26 Å². The maximum atomic E-state index is 13.0. The van der Waals surface area contributed by atoms with E-state index in [0.29, 0.717) is 53.0 Å². The van der Waals surface area contributed by atoms with Crippen molar-refractivity contribution in [1.82, 2.24) is 24.6 Å². The molecular formula is C29H31Cl2F3N8O3. The molecule has 2 saturated heterocycles. The minimum absolute atomic E-state index is 0.0472. The van der Waals surface area contributed by atoms with Gasteiger partial charge in [0.05, 0.1) is 18.8 Å². The van der Waals surface area contributed by atoms with Gasteiger partial charge in [0.1, 0.15) is 17.4 Å². The van der Waals surface area contributed by atoms with Gasteiger partial charge in [0.15, 0.2) is 11.3 Å². The number of ether oxygens (including phenoxy) is 1. The van der Waals surface area contributed by atoms with E-state index in [0.717, 1.165) is 12.8 Å². The Balaban J connectivity index is 1.44. The number of fused-ring (bicyclic) bond motifs is 1. The number of nitrogens with zero attached hydrogens (tertiary/aromatic N) is 7. The monoisotopic (exact) mass is 666 g/mol. The molecule has 1 aromatic carbocycles. The molecule has 16 heteroatoms. The van der Waals surface area contributed by atoms with Gasteiger partial charge in [0.2, 0.25) is 5.91 Å². The number of anilines is 1. The molecule has 0 radical (unpaired) electrons. The number of halogens is 5. The Bertz CT molecular complexity index is 1630. The minimum atomic E-state index is -5.11. The molecule has 240 valence electrons. The third-order valence-electron chi connectivity index (χ3n) is 8.53. The zero-order valence-electron chi connectivity index (χ0n) is 24.3. The van der Waals surface area contributed by atoms with Crippen molar-refractivity contribution in [3.63, 3.8) is 0 Å². The van der Waals surface area contributed by atoms with E-state index in [2.05, 4.69) is 15.0 Å². The van der Waals surface area contributed by atoms with Gasteiger partial charge in [-0.2, -0.15) is 23.5 Å². The number of carbonyl (C=O) groups excluding carboxylic acids is 2. The van der Waals surface area contributed by atoms with E-state index in [1.807, 2.05) is 17.9 Å². The van der Waals surface area contributed by atoms with E-state index in [-0.39, 0.29) is 36.3 Å². The van der Waals surface area contributed by atoms with Crippen LogP contribution in [0.4, 0.5) is 19.0 Å². The van der Waals surface area contributed by atoms with Crippen LogP contribution in [0.1, 0.15) is 56.3 Å². The van der Waals surface area contributed by atoms with Crippen LogP contribution < -0.4 is 10.6 Å². The van der Waals surface area contributed by atoms with Gasteiger partial charge < -0.3 is 15.4 Å². The molecule has 0 bridgehead atoms. The summed E-state index contributed by atoms with van der Waals surface area (Å²) in [6, 6.07) is 6.52. The number of amides is 1. The first-order valence-corrected chi connectivity index (χ1v) is 15.3. The number of rotatable bonds is 9. The highest BCUT2D eigenvalue weighted by Crippen LogP contribution is 2.35. The van der Waals surface area contributed by atoms with E-state index in [4.69, 9.17) is 38.7 Å². The Morgan fingerprint density at radius 2 is 2.02 bits per heavy atom. The molecule has 2 N–H and O–H groups in total. The predicted octanol–water partition coefficient (Wildman–Crippen LogP) is 4.64. The Kier molecular flexibility index (Phi) is 9.71. The fraction of sp³-hybridized carbons (Fsp3) is 0.517. The zero-order chi connectivity index (χ0) is 32.5. The third kappa shape index (κ3) is 7.10. The maximum absolute atomic E-state index is 13.0. The zero-order valence-corrected chi connectivity index (χ0v) is 25.8. The average Bonchev–Trinajstić information content (AvgIpc) is 3.62. The first-order chi connectivity index (χ1) is 21.4. The number of alkyl halides is 3. The number of aromatic nitrogens is 4. The van der Waals surface area contributed by atoms with Crippen molar-refractivity contribution in [3.05, 3.63) is 45.7 Å². The van der Waals surface area contributed by atoms with Crippen LogP contribution in [0.2, 0.25) is 10.0 Å². The molecule has 0 spiro atoms. The molecule has 4 atom stereocenters. The van der Waals surface area contributed by atoms with Crippen LogP contribution in [0.25, 0.3) is 11.2 Å². The van der Waals surface area contributed by atoms with Crippen molar-refractivity contribution in [2.75, 3.05) is 31.1 Å². The van der Waals surface area contributed by atoms with Gasteiger partial charge in [0, 0.05) is 47.6 Å². The van der Waals surface area contributed by atoms with Gasteiger partial charge in [-0.1, -0.05) is 29.3 Å². The molecule has 2 aliphatic rings. The topological polar surface area (TPSA) is 143 Å². The molecule has 4 heterocycles. The molecule has 2 fully saturated rings. The number of nitrogens with two attached hydrogens (primary N) is 1. The number of esters is 1. The van der Waals surface area contributed by atoms with Crippen molar-refractivity contribution in [2.45, 2.75) is 63.3 Å². The van der Waals surface area contributed by atoms with E-state index in [1.54, 1.807) is 22.9 Å². The van der Waals surface area contributed by atoms with Crippen LogP contribution in [0, 0.1) is 17.2 Å². The summed E-state index contributed by atoms with van der Waals surface area (Å²) in [5.41, 5.74) is 6.77. The van der Waals surface area contributed by atoms with Crippen molar-refractivity contribution in [2.24, 2.45) is 11.7 Å². The van der Waals surface area contributed by atoms with Crippen molar-refractivity contribution < 1.29 is 27.5 Å². The van der Waals surface area contributed by atoms with E-state index in [9.17, 15) is 28.0 Å². The Morgan fingerprint density at radius 3 is 2.71 bits per heavy atom. The minimum Gasteiger partial charge on any atom is -0.459 e. The molecule has 3 aromatic rings. The Hall–Kier alpha value is -3.67. The highest BCUT2D eigenvalue weighted by atomic mass is 35.5. The number of benzene rings is 1. The number of primary amides is 1. The molecule has 11 nitrogen and oxygen atoms in total. The van der Waals surface area contributed by atoms with E-state index < -0.39 is 36.6 Å². The highest BCUT2D eigenvalue weighted by molar-refractivity contribution is 6.35. The lowest BCUT2D eigenvalue weighted by Gasteiger charge is -2.44. The molecular weight excluding hydrogens is 636 g/mol. The fourth-order valence-corrected chi connectivity index (χ4v) is 6.94. The second-order valence-electron chi connectivity index (χ2n) is 11.3. The van der Waals surface area contributed by atoms with Crippen LogP contribution >= 0.6 is 23.2 Å². The van der Waals surface area contributed by atoms with Gasteiger partial charge in [-0.15, -0.1) is 0 Å². The molecule has 1 unspecified atom stereocenters. The fourth-order valence-electron chi connectivity index (χ4n) is 6.38.